The smallest absolute Gasteiger partial charge is 0.410 e. The Hall–Kier alpha value is -7.80. The molecule has 13 rings (SSSR count). The number of rotatable bonds is 25. The number of amides is 3. The highest BCUT2D eigenvalue weighted by Gasteiger charge is 2.66. The molecular weight excluding hydrogens is 1310 g/mol. The monoisotopic (exact) mass is 1390 g/mol. The summed E-state index contributed by atoms with van der Waals surface area (Å²) >= 11 is 1.35. The number of aliphatic hydroxyl groups excluding tert-OH is 3. The molecule has 3 aliphatic heterocycles. The SMILES string of the molecule is Cc1c(-c2ccc(N3CCc4cccc(C(=O)Nc5nc6ncccc6s5)c4C3)nc2C(=O)O)cnn1CC12CC3(C)CC(C)(C1)CC(OCCN(CCCP(=O)(O)O)C1CCN(C(=O)OCC=Cc4ccc(O[C@@H]5O[C@H](C(=O)O)[C@@H](O)[C@H](O)[C@H]5O)c(NC(=O)CCN)c4)CC1)(C3)C2. The molecule has 7 aliphatic rings. The normalized spacial score (nSPS) is 26.2. The fourth-order valence-corrected chi connectivity index (χ4v) is 18.3. The molecule has 0 spiro atoms. The van der Waals surface area contributed by atoms with Gasteiger partial charge in [0.15, 0.2) is 22.6 Å². The molecule has 2 unspecified atom stereocenters. The number of nitrogens with one attached hydrogen (secondary N) is 2. The first-order chi connectivity index (χ1) is 46.7. The molecule has 30 heteroatoms. The minimum absolute atomic E-state index is 0.0118. The van der Waals surface area contributed by atoms with Crippen molar-refractivity contribution in [1.29, 1.82) is 0 Å². The maximum Gasteiger partial charge on any atom is 0.410 e. The highest BCUT2D eigenvalue weighted by Crippen LogP contribution is 2.72. The first kappa shape index (κ1) is 70.1. The van der Waals surface area contributed by atoms with Gasteiger partial charge in [-0.2, -0.15) is 10.1 Å². The number of likely N-dealkylation sites (tertiary alicyclic amines) is 1. The molecule has 4 bridgehead atoms. The summed E-state index contributed by atoms with van der Waals surface area (Å²) in [7, 11) is -4.28. The number of hydrogen-bond acceptors (Lipinski definition) is 21. The van der Waals surface area contributed by atoms with Crippen LogP contribution in [0, 0.1) is 23.2 Å². The van der Waals surface area contributed by atoms with E-state index in [1.54, 1.807) is 41.6 Å². The second-order valence-electron chi connectivity index (χ2n) is 28.0. The number of pyridine rings is 2. The van der Waals surface area contributed by atoms with E-state index in [0.29, 0.717) is 111 Å². The molecule has 6 fully saturated rings. The van der Waals surface area contributed by atoms with Crippen molar-refractivity contribution in [2.24, 2.45) is 22.0 Å². The number of ether oxygens (including phenoxy) is 4. The molecule has 4 saturated carbocycles. The Labute approximate surface area is 569 Å². The molecule has 7 atom stereocenters. The van der Waals surface area contributed by atoms with E-state index in [1.165, 1.54) is 23.5 Å². The fraction of sp³-hybridized carbons (Fsp3) is 0.515. The van der Waals surface area contributed by atoms with Gasteiger partial charge < -0.3 is 75.1 Å². The van der Waals surface area contributed by atoms with Gasteiger partial charge in [0.25, 0.3) is 5.91 Å². The Morgan fingerprint density at radius 2 is 1.66 bits per heavy atom. The Kier molecular flexibility index (Phi) is 20.3. The molecule has 11 N–H and O–H groups in total. The lowest BCUT2D eigenvalue weighted by Gasteiger charge is -2.69. The first-order valence-electron chi connectivity index (χ1n) is 33.1. The lowest BCUT2D eigenvalue weighted by atomic mass is 9.39. The van der Waals surface area contributed by atoms with Crippen LogP contribution in [0.5, 0.6) is 5.75 Å². The number of carbonyl (C=O) groups is 5. The number of aliphatic carboxylic acids is 1. The van der Waals surface area contributed by atoms with Gasteiger partial charge >= 0.3 is 25.6 Å². The number of hydrogen-bond donors (Lipinski definition) is 10. The number of thiazole rings is 1. The van der Waals surface area contributed by atoms with E-state index < -0.39 is 67.8 Å². The Morgan fingerprint density at radius 3 is 2.39 bits per heavy atom. The van der Waals surface area contributed by atoms with Gasteiger partial charge in [-0.3, -0.25) is 29.1 Å². The third-order valence-corrected chi connectivity index (χ3v) is 21.9. The molecule has 7 heterocycles. The summed E-state index contributed by atoms with van der Waals surface area (Å²) < 4.78 is 38.9. The average molecular weight is 1390 g/mol. The van der Waals surface area contributed by atoms with Crippen molar-refractivity contribution in [3.05, 3.63) is 113 Å². The van der Waals surface area contributed by atoms with Gasteiger partial charge in [-0.15, -0.1) is 0 Å². The third kappa shape index (κ3) is 15.5. The van der Waals surface area contributed by atoms with Crippen LogP contribution >= 0.6 is 18.9 Å². The van der Waals surface area contributed by atoms with Crippen molar-refractivity contribution >= 4 is 81.8 Å². The van der Waals surface area contributed by atoms with Crippen LogP contribution in [0.25, 0.3) is 27.6 Å². The first-order valence-corrected chi connectivity index (χ1v) is 35.7. The lowest BCUT2D eigenvalue weighted by molar-refractivity contribution is -0.271. The van der Waals surface area contributed by atoms with Crippen molar-refractivity contribution in [2.45, 2.75) is 147 Å². The Bertz CT molecular complexity index is 4030. The lowest BCUT2D eigenvalue weighted by Crippen LogP contribution is -2.64. The van der Waals surface area contributed by atoms with Crippen LogP contribution < -0.4 is 26.0 Å². The van der Waals surface area contributed by atoms with Gasteiger partial charge in [0.05, 0.1) is 35.0 Å². The van der Waals surface area contributed by atoms with E-state index >= 15 is 0 Å². The summed E-state index contributed by atoms with van der Waals surface area (Å²) in [6, 6.07) is 17.5. The van der Waals surface area contributed by atoms with E-state index in [1.807, 2.05) is 52.9 Å². The summed E-state index contributed by atoms with van der Waals surface area (Å²) in [6.07, 6.45) is 4.10. The Morgan fingerprint density at radius 1 is 0.888 bits per heavy atom. The largest absolute Gasteiger partial charge is 0.479 e. The zero-order valence-corrected chi connectivity index (χ0v) is 56.5. The second kappa shape index (κ2) is 28.4. The minimum atomic E-state index is -4.28. The van der Waals surface area contributed by atoms with E-state index in [9.17, 15) is 63.9 Å². The molecule has 524 valence electrons. The minimum Gasteiger partial charge on any atom is -0.479 e. The molecule has 98 heavy (non-hydrogen) atoms. The topological polar surface area (TPSA) is 397 Å². The quantitative estimate of drug-likeness (QED) is 0.0268. The van der Waals surface area contributed by atoms with Crippen LogP contribution in [0.15, 0.2) is 79.1 Å². The van der Waals surface area contributed by atoms with Gasteiger partial charge in [0.2, 0.25) is 12.2 Å². The van der Waals surface area contributed by atoms with E-state index in [2.05, 4.69) is 39.3 Å². The second-order valence-corrected chi connectivity index (χ2v) is 30.8. The Balaban J connectivity index is 0.669. The molecular formula is C68H84N11O17PS. The molecule has 6 aromatic rings. The number of fused-ring (bicyclic) bond motifs is 2. The molecule has 3 amide bonds. The molecule has 4 aromatic heterocycles. The number of nitrogens with zero attached hydrogens (tertiary/aromatic N) is 8. The zero-order valence-electron chi connectivity index (χ0n) is 54.8. The fourth-order valence-electron chi connectivity index (χ4n) is 16.9. The van der Waals surface area contributed by atoms with E-state index in [4.69, 9.17) is 34.8 Å². The van der Waals surface area contributed by atoms with Crippen molar-refractivity contribution < 1.29 is 82.8 Å². The van der Waals surface area contributed by atoms with Crippen LogP contribution in [-0.4, -0.2) is 201 Å². The van der Waals surface area contributed by atoms with Gasteiger partial charge in [-0.1, -0.05) is 49.5 Å². The highest BCUT2D eigenvalue weighted by molar-refractivity contribution is 7.51. The van der Waals surface area contributed by atoms with Gasteiger partial charge in [-0.25, -0.2) is 24.4 Å². The summed E-state index contributed by atoms with van der Waals surface area (Å²) in [4.78, 5) is 104. The number of nitrogens with two attached hydrogens (primary N) is 1. The molecule has 2 saturated heterocycles. The maximum absolute atomic E-state index is 13.8. The van der Waals surface area contributed by atoms with Gasteiger partial charge in [0.1, 0.15) is 36.5 Å². The number of carboxylic acid groups (broad SMARTS) is 2. The van der Waals surface area contributed by atoms with Gasteiger partial charge in [-0.05, 0) is 159 Å². The summed E-state index contributed by atoms with van der Waals surface area (Å²) in [6.45, 7) is 10.2. The predicted molar refractivity (Wildman–Crippen MR) is 361 cm³/mol. The van der Waals surface area contributed by atoms with E-state index in [-0.39, 0.29) is 77.5 Å². The van der Waals surface area contributed by atoms with Gasteiger partial charge in [0, 0.05) is 86.9 Å². The third-order valence-electron chi connectivity index (χ3n) is 20.1. The van der Waals surface area contributed by atoms with Crippen LogP contribution in [-0.2, 0) is 47.9 Å². The number of benzene rings is 2. The highest BCUT2D eigenvalue weighted by atomic mass is 32.1. The number of carbonyl (C=O) groups excluding carboxylic acids is 3. The average Bonchev–Trinajstić information content (AvgIpc) is 0.751. The number of aromatic carboxylic acids is 1. The molecule has 4 aliphatic carbocycles. The van der Waals surface area contributed by atoms with Crippen LogP contribution in [0.4, 0.5) is 21.4 Å². The maximum atomic E-state index is 13.8. The van der Waals surface area contributed by atoms with Crippen molar-refractivity contribution in [2.75, 3.05) is 74.2 Å². The number of piperidine rings is 1. The standard InChI is InChI=1S/C68H84N11O17PS/c1-40-46(44-13-15-51(73-53(44)60(85)86)78-23-17-42-9-4-10-45(47(42)32-78)59(84)75-63-74-58-50(98-63)11-5-21-70-58)31-71-79(40)39-67-34-65(2)33-66(3,35-67)37-68(36-65,38-67)94-28-26-76(22-7-29-97(90,91)92)43-18-24-77(25-19-43)64(89)93-27-6-8-41-12-14-49(48(30-41)72-52(80)16-20-69)95-62-56(83)54(81)55(82)57(96-62)61(87)88/h4-6,8-15,21,30-31,43,54-57,62,81-83H,7,16-20,22-29,32-39,69H2,1-3H3,(H,72,80)(H,85,86)(H,87,88)(H2,90,91,92)(H,70,74,75,84)/t54-,55-,56+,57-,62+,65?,66?,67?,68?/m0/s1. The molecule has 2 aromatic carbocycles. The van der Waals surface area contributed by atoms with Crippen molar-refractivity contribution in [3.8, 4) is 16.9 Å². The number of anilines is 3. The van der Waals surface area contributed by atoms with Crippen LogP contribution in [0.2, 0.25) is 0 Å². The van der Waals surface area contributed by atoms with Crippen molar-refractivity contribution in [1.82, 2.24) is 34.5 Å². The van der Waals surface area contributed by atoms with Crippen molar-refractivity contribution in [3.63, 3.8) is 0 Å². The molecule has 28 nitrogen and oxygen atoms in total. The summed E-state index contributed by atoms with van der Waals surface area (Å²) in [5.41, 5.74) is 10.3. The van der Waals surface area contributed by atoms with E-state index in [0.717, 1.165) is 60.0 Å². The molecule has 0 radical (unpaired) electrons. The predicted octanol–water partition coefficient (Wildman–Crippen LogP) is 6.65. The van der Waals surface area contributed by atoms with Crippen LogP contribution in [0.3, 0.4) is 0 Å². The van der Waals surface area contributed by atoms with Crippen LogP contribution in [0.1, 0.15) is 121 Å². The zero-order chi connectivity index (χ0) is 69.5. The summed E-state index contributed by atoms with van der Waals surface area (Å²) in [5.74, 6) is -3.11. The number of aliphatic hydroxyl groups is 3. The number of carboxylic acids is 2. The summed E-state index contributed by atoms with van der Waals surface area (Å²) in [5, 5.41) is 62.3. The number of aromatic nitrogens is 5.